The molecule has 3 aromatic rings. The van der Waals surface area contributed by atoms with Crippen LogP contribution in [0.15, 0.2) is 42.6 Å². The molecule has 25 heavy (non-hydrogen) atoms. The van der Waals surface area contributed by atoms with E-state index in [1.165, 1.54) is 0 Å². The van der Waals surface area contributed by atoms with Gasteiger partial charge in [-0.1, -0.05) is 20.8 Å². The Hall–Kier alpha value is -3.15. The molecule has 0 aliphatic carbocycles. The molecule has 0 bridgehead atoms. The van der Waals surface area contributed by atoms with Gasteiger partial charge < -0.3 is 16.0 Å². The Kier molecular flexibility index (Phi) is 4.04. The molecule has 0 saturated carbocycles. The summed E-state index contributed by atoms with van der Waals surface area (Å²) in [5.74, 6) is 0.174. The minimum atomic E-state index is -0.472. The normalized spacial score (nSPS) is 11.5. The SMILES string of the molecule is CC(C)(C)C(=O)c1cc2cc(NC(=O)c3ccc(N)cc3)ncc2[nH]1. The molecule has 2 heterocycles. The van der Waals surface area contributed by atoms with Gasteiger partial charge in [-0.05, 0) is 36.4 Å². The van der Waals surface area contributed by atoms with Gasteiger partial charge in [-0.3, -0.25) is 9.59 Å². The molecule has 1 amide bonds. The number of carbonyl (C=O) groups excluding carboxylic acids is 2. The Morgan fingerprint density at radius 2 is 1.80 bits per heavy atom. The molecular weight excluding hydrogens is 316 g/mol. The highest BCUT2D eigenvalue weighted by atomic mass is 16.1. The summed E-state index contributed by atoms with van der Waals surface area (Å²) in [4.78, 5) is 31.9. The minimum Gasteiger partial charge on any atom is -0.399 e. The quantitative estimate of drug-likeness (QED) is 0.502. The molecule has 1 aromatic carbocycles. The fourth-order valence-electron chi connectivity index (χ4n) is 2.45. The van der Waals surface area contributed by atoms with Crippen LogP contribution in [-0.2, 0) is 0 Å². The molecule has 0 unspecified atom stereocenters. The minimum absolute atomic E-state index is 0.0242. The maximum atomic E-state index is 12.4. The first-order chi connectivity index (χ1) is 11.7. The van der Waals surface area contributed by atoms with Crippen LogP contribution >= 0.6 is 0 Å². The van der Waals surface area contributed by atoms with Gasteiger partial charge in [0.2, 0.25) is 0 Å². The van der Waals surface area contributed by atoms with Gasteiger partial charge in [-0.15, -0.1) is 0 Å². The number of aromatic nitrogens is 2. The summed E-state index contributed by atoms with van der Waals surface area (Å²) in [6.07, 6.45) is 1.60. The molecule has 0 saturated heterocycles. The van der Waals surface area contributed by atoms with Crippen molar-refractivity contribution in [1.82, 2.24) is 9.97 Å². The summed E-state index contributed by atoms with van der Waals surface area (Å²) in [5.41, 5.74) is 7.52. The Morgan fingerprint density at radius 1 is 1.12 bits per heavy atom. The van der Waals surface area contributed by atoms with Crippen LogP contribution in [0.4, 0.5) is 11.5 Å². The number of carbonyl (C=O) groups is 2. The number of nitrogens with zero attached hydrogens (tertiary/aromatic N) is 1. The molecule has 4 N–H and O–H groups in total. The van der Waals surface area contributed by atoms with Crippen molar-refractivity contribution in [2.75, 3.05) is 11.1 Å². The van der Waals surface area contributed by atoms with Crippen molar-refractivity contribution in [3.63, 3.8) is 0 Å². The van der Waals surface area contributed by atoms with Crippen LogP contribution in [0.25, 0.3) is 10.9 Å². The summed E-state index contributed by atoms with van der Waals surface area (Å²) in [7, 11) is 0. The molecule has 0 fully saturated rings. The van der Waals surface area contributed by atoms with Crippen LogP contribution in [0.5, 0.6) is 0 Å². The fourth-order valence-corrected chi connectivity index (χ4v) is 2.45. The second-order valence-corrected chi connectivity index (χ2v) is 7.00. The lowest BCUT2D eigenvalue weighted by Gasteiger charge is -2.14. The topological polar surface area (TPSA) is 101 Å². The van der Waals surface area contributed by atoms with E-state index >= 15 is 0 Å². The fraction of sp³-hybridized carbons (Fsp3) is 0.211. The Bertz CT molecular complexity index is 950. The van der Waals surface area contributed by atoms with E-state index in [-0.39, 0.29) is 11.7 Å². The van der Waals surface area contributed by atoms with E-state index in [0.29, 0.717) is 22.8 Å². The highest BCUT2D eigenvalue weighted by Gasteiger charge is 2.24. The zero-order chi connectivity index (χ0) is 18.2. The molecule has 3 rings (SSSR count). The lowest BCUT2D eigenvalue weighted by Crippen LogP contribution is -2.20. The van der Waals surface area contributed by atoms with Gasteiger partial charge in [-0.25, -0.2) is 4.98 Å². The number of nitrogens with two attached hydrogens (primary N) is 1. The number of Topliss-reactive ketones (excluding diaryl/α,β-unsaturated/α-hetero) is 1. The van der Waals surface area contributed by atoms with Crippen LogP contribution in [0.1, 0.15) is 41.6 Å². The van der Waals surface area contributed by atoms with Crippen molar-refractivity contribution < 1.29 is 9.59 Å². The average molecular weight is 336 g/mol. The van der Waals surface area contributed by atoms with Gasteiger partial charge in [0.05, 0.1) is 17.4 Å². The van der Waals surface area contributed by atoms with Crippen molar-refractivity contribution in [3.05, 3.63) is 53.9 Å². The zero-order valence-electron chi connectivity index (χ0n) is 14.4. The number of rotatable bonds is 3. The smallest absolute Gasteiger partial charge is 0.256 e. The molecule has 2 aromatic heterocycles. The van der Waals surface area contributed by atoms with E-state index in [1.54, 1.807) is 42.6 Å². The molecule has 0 radical (unpaired) electrons. The number of nitrogen functional groups attached to an aromatic ring is 1. The van der Waals surface area contributed by atoms with Crippen molar-refractivity contribution in [2.45, 2.75) is 20.8 Å². The Balaban J connectivity index is 1.85. The summed E-state index contributed by atoms with van der Waals surface area (Å²) in [6.45, 7) is 5.62. The van der Waals surface area contributed by atoms with Crippen molar-refractivity contribution in [2.24, 2.45) is 5.41 Å². The van der Waals surface area contributed by atoms with Crippen LogP contribution < -0.4 is 11.1 Å². The average Bonchev–Trinajstić information content (AvgIpc) is 2.96. The molecule has 6 nitrogen and oxygen atoms in total. The van der Waals surface area contributed by atoms with Gasteiger partial charge in [0.25, 0.3) is 5.91 Å². The van der Waals surface area contributed by atoms with Crippen molar-refractivity contribution in [1.29, 1.82) is 0 Å². The first-order valence-corrected chi connectivity index (χ1v) is 7.94. The summed E-state index contributed by atoms with van der Waals surface area (Å²) < 4.78 is 0. The molecule has 0 atom stereocenters. The predicted octanol–water partition coefficient (Wildman–Crippen LogP) is 3.63. The van der Waals surface area contributed by atoms with Gasteiger partial charge in [-0.2, -0.15) is 0 Å². The number of hydrogen-bond donors (Lipinski definition) is 3. The number of anilines is 2. The monoisotopic (exact) mass is 336 g/mol. The first-order valence-electron chi connectivity index (χ1n) is 7.94. The van der Waals surface area contributed by atoms with Gasteiger partial charge in [0, 0.05) is 22.1 Å². The summed E-state index contributed by atoms with van der Waals surface area (Å²) in [6, 6.07) is 10.2. The third kappa shape index (κ3) is 3.52. The standard InChI is InChI=1S/C19H20N4O2/c1-19(2,3)17(24)14-8-12-9-16(21-10-15(12)22-14)23-18(25)11-4-6-13(20)7-5-11/h4-10,22H,20H2,1-3H3,(H,21,23,25). The summed E-state index contributed by atoms with van der Waals surface area (Å²) >= 11 is 0. The molecule has 0 aliphatic rings. The second kappa shape index (κ2) is 6.05. The largest absolute Gasteiger partial charge is 0.399 e. The van der Waals surface area contributed by atoms with Crippen molar-refractivity contribution in [3.8, 4) is 0 Å². The zero-order valence-corrected chi connectivity index (χ0v) is 14.4. The molecule has 128 valence electrons. The van der Waals surface area contributed by atoms with Gasteiger partial charge in [0.1, 0.15) is 5.82 Å². The highest BCUT2D eigenvalue weighted by Crippen LogP contribution is 2.24. The van der Waals surface area contributed by atoms with E-state index in [9.17, 15) is 9.59 Å². The number of hydrogen-bond acceptors (Lipinski definition) is 4. The van der Waals surface area contributed by atoms with E-state index in [4.69, 9.17) is 5.73 Å². The Labute approximate surface area is 145 Å². The van der Waals surface area contributed by atoms with Crippen LogP contribution in [0.2, 0.25) is 0 Å². The van der Waals surface area contributed by atoms with E-state index in [2.05, 4.69) is 15.3 Å². The van der Waals surface area contributed by atoms with E-state index < -0.39 is 5.41 Å². The summed E-state index contributed by atoms with van der Waals surface area (Å²) in [5, 5.41) is 3.56. The number of H-pyrrole nitrogens is 1. The van der Waals surface area contributed by atoms with E-state index in [1.807, 2.05) is 20.8 Å². The van der Waals surface area contributed by atoms with Crippen LogP contribution in [0, 0.1) is 5.41 Å². The third-order valence-electron chi connectivity index (χ3n) is 3.85. The van der Waals surface area contributed by atoms with E-state index in [0.717, 1.165) is 10.9 Å². The number of nitrogens with one attached hydrogen (secondary N) is 2. The van der Waals surface area contributed by atoms with Gasteiger partial charge >= 0.3 is 0 Å². The number of pyridine rings is 1. The molecule has 0 spiro atoms. The predicted molar refractivity (Wildman–Crippen MR) is 98.7 cm³/mol. The maximum Gasteiger partial charge on any atom is 0.256 e. The molecule has 6 heteroatoms. The van der Waals surface area contributed by atoms with Crippen LogP contribution in [0.3, 0.4) is 0 Å². The molecule has 0 aliphatic heterocycles. The van der Waals surface area contributed by atoms with Crippen molar-refractivity contribution >= 4 is 34.1 Å². The lowest BCUT2D eigenvalue weighted by atomic mass is 9.89. The molecular formula is C19H20N4O2. The van der Waals surface area contributed by atoms with Gasteiger partial charge in [0.15, 0.2) is 5.78 Å². The highest BCUT2D eigenvalue weighted by molar-refractivity contribution is 6.05. The number of fused-ring (bicyclic) bond motifs is 1. The number of aromatic amines is 1. The number of amides is 1. The number of benzene rings is 1. The lowest BCUT2D eigenvalue weighted by molar-refractivity contribution is 0.0853. The number of ketones is 1. The third-order valence-corrected chi connectivity index (χ3v) is 3.85. The van der Waals surface area contributed by atoms with Crippen LogP contribution in [-0.4, -0.2) is 21.7 Å². The first kappa shape index (κ1) is 16.7. The maximum absolute atomic E-state index is 12.4. The second-order valence-electron chi connectivity index (χ2n) is 7.00. The Morgan fingerprint density at radius 3 is 2.44 bits per heavy atom.